The number of carbonyl (C=O) groups is 2. The lowest BCUT2D eigenvalue weighted by atomic mass is 9.76. The van der Waals surface area contributed by atoms with Crippen molar-refractivity contribution < 1.29 is 29.4 Å². The van der Waals surface area contributed by atoms with E-state index in [0.717, 1.165) is 37.7 Å². The fraction of sp³-hybridized carbons (Fsp3) is 0.480. The number of phenols is 1. The lowest BCUT2D eigenvalue weighted by Crippen LogP contribution is -2.29. The molecule has 34 heavy (non-hydrogen) atoms. The summed E-state index contributed by atoms with van der Waals surface area (Å²) in [6.07, 6.45) is 12.9. The predicted molar refractivity (Wildman–Crippen MR) is 129 cm³/mol. The number of aliphatic hydroxyl groups is 1. The fourth-order valence-corrected chi connectivity index (χ4v) is 4.05. The summed E-state index contributed by atoms with van der Waals surface area (Å²) >= 11 is 6.50. The minimum Gasteiger partial charge on any atom is -0.506 e. The quantitative estimate of drug-likeness (QED) is 0.317. The summed E-state index contributed by atoms with van der Waals surface area (Å²) in [5.41, 5.74) is 1.98. The highest BCUT2D eigenvalue weighted by Crippen LogP contribution is 2.43. The number of hydrogen-bond donors (Lipinski definition) is 3. The van der Waals surface area contributed by atoms with E-state index >= 15 is 0 Å². The Kier molecular flexibility index (Phi) is 9.97. The van der Waals surface area contributed by atoms with Crippen molar-refractivity contribution in [2.24, 2.45) is 5.16 Å². The lowest BCUT2D eigenvalue weighted by molar-refractivity contribution is -0.125. The number of amides is 1. The van der Waals surface area contributed by atoms with Gasteiger partial charge in [0.25, 0.3) is 5.91 Å². The van der Waals surface area contributed by atoms with Gasteiger partial charge in [0.05, 0.1) is 29.5 Å². The van der Waals surface area contributed by atoms with E-state index in [9.17, 15) is 14.7 Å². The number of oxime groups is 1. The molecule has 0 atom stereocenters. The highest BCUT2D eigenvalue weighted by molar-refractivity contribution is 6.33. The summed E-state index contributed by atoms with van der Waals surface area (Å²) in [4.78, 5) is 30.2. The molecular weight excluding hydrogens is 460 g/mol. The Balaban J connectivity index is 1.96. The highest BCUT2D eigenvalue weighted by atomic mass is 35.5. The smallest absolute Gasteiger partial charge is 0.338 e. The summed E-state index contributed by atoms with van der Waals surface area (Å²) in [5.74, 6) is -0.824. The molecule has 1 aliphatic carbocycles. The molecule has 1 aliphatic heterocycles. The number of rotatable bonds is 6. The van der Waals surface area contributed by atoms with Crippen LogP contribution in [0.4, 0.5) is 0 Å². The number of ether oxygens (including phenoxy) is 1. The molecule has 3 N–H and O–H groups in total. The zero-order valence-corrected chi connectivity index (χ0v) is 19.9. The van der Waals surface area contributed by atoms with Gasteiger partial charge in [0.2, 0.25) is 0 Å². The maximum absolute atomic E-state index is 13.2. The second-order valence-electron chi connectivity index (χ2n) is 8.26. The maximum atomic E-state index is 13.2. The fourth-order valence-electron chi connectivity index (χ4n) is 3.83. The first kappa shape index (κ1) is 25.8. The van der Waals surface area contributed by atoms with E-state index in [0.29, 0.717) is 23.3 Å². The molecule has 1 aromatic rings. The average molecular weight is 491 g/mol. The summed E-state index contributed by atoms with van der Waals surface area (Å²) < 4.78 is 5.56. The molecule has 1 amide bonds. The van der Waals surface area contributed by atoms with Gasteiger partial charge in [-0.2, -0.15) is 0 Å². The van der Waals surface area contributed by atoms with Crippen molar-refractivity contribution in [3.63, 3.8) is 0 Å². The molecule has 2 aliphatic rings. The highest BCUT2D eigenvalue weighted by Gasteiger charge is 2.30. The van der Waals surface area contributed by atoms with E-state index in [-0.39, 0.29) is 49.5 Å². The first-order valence-corrected chi connectivity index (χ1v) is 12.0. The second kappa shape index (κ2) is 13.2. The predicted octanol–water partition coefficient (Wildman–Crippen LogP) is 3.79. The van der Waals surface area contributed by atoms with Crippen LogP contribution in [0.3, 0.4) is 0 Å². The third-order valence-electron chi connectivity index (χ3n) is 5.79. The number of nitrogens with one attached hydrogen (secondary N) is 1. The molecular formula is C25H31ClN2O6. The van der Waals surface area contributed by atoms with Crippen LogP contribution < -0.4 is 5.32 Å². The van der Waals surface area contributed by atoms with Crippen molar-refractivity contribution in [3.8, 4) is 5.75 Å². The van der Waals surface area contributed by atoms with E-state index in [1.165, 1.54) is 0 Å². The van der Waals surface area contributed by atoms with Crippen LogP contribution >= 0.6 is 11.6 Å². The Morgan fingerprint density at radius 1 is 1.24 bits per heavy atom. The number of nitrogens with zero attached hydrogens (tertiary/aromatic N) is 1. The average Bonchev–Trinajstić information content (AvgIpc) is 2.77. The van der Waals surface area contributed by atoms with Crippen LogP contribution in [-0.4, -0.2) is 54.2 Å². The van der Waals surface area contributed by atoms with Crippen molar-refractivity contribution in [2.45, 2.75) is 50.9 Å². The number of benzene rings is 1. The molecule has 3 rings (SSSR count). The SMILES string of the molecule is O=C(CO/N=C1/C=C/CC/C=C/CCOC(=O)c2c(C3CCC3)cc(O)c(Cl)c2C1)NCCO. The molecule has 1 fully saturated rings. The Labute approximate surface area is 204 Å². The van der Waals surface area contributed by atoms with Gasteiger partial charge in [0.1, 0.15) is 5.75 Å². The molecule has 0 unspecified atom stereocenters. The number of halogens is 1. The van der Waals surface area contributed by atoms with Gasteiger partial charge in [0, 0.05) is 13.0 Å². The van der Waals surface area contributed by atoms with Gasteiger partial charge < -0.3 is 25.1 Å². The van der Waals surface area contributed by atoms with Crippen molar-refractivity contribution in [3.05, 3.63) is 52.1 Å². The molecule has 8 nitrogen and oxygen atoms in total. The molecule has 1 heterocycles. The molecule has 1 saturated carbocycles. The molecule has 9 heteroatoms. The topological polar surface area (TPSA) is 117 Å². The monoisotopic (exact) mass is 490 g/mol. The Morgan fingerprint density at radius 3 is 2.74 bits per heavy atom. The first-order chi connectivity index (χ1) is 16.5. The van der Waals surface area contributed by atoms with Crippen molar-refractivity contribution >= 4 is 29.2 Å². The molecule has 0 radical (unpaired) electrons. The Morgan fingerprint density at radius 2 is 2.00 bits per heavy atom. The van der Waals surface area contributed by atoms with Crippen LogP contribution in [0, 0.1) is 0 Å². The molecule has 0 saturated heterocycles. The van der Waals surface area contributed by atoms with Gasteiger partial charge in [-0.15, -0.1) is 0 Å². The number of aromatic hydroxyl groups is 1. The molecule has 1 aromatic carbocycles. The third kappa shape index (κ3) is 7.08. The first-order valence-electron chi connectivity index (χ1n) is 11.6. The number of phenolic OH excluding ortho intramolecular Hbond substituents is 1. The van der Waals surface area contributed by atoms with Crippen LogP contribution in [0.2, 0.25) is 5.02 Å². The molecule has 0 bridgehead atoms. The zero-order valence-electron chi connectivity index (χ0n) is 19.1. The normalized spacial score (nSPS) is 20.4. The van der Waals surface area contributed by atoms with Gasteiger partial charge >= 0.3 is 5.97 Å². The molecule has 0 aromatic heterocycles. The van der Waals surface area contributed by atoms with Crippen molar-refractivity contribution in [1.29, 1.82) is 0 Å². The van der Waals surface area contributed by atoms with Gasteiger partial charge in [0.15, 0.2) is 6.61 Å². The van der Waals surface area contributed by atoms with E-state index in [4.69, 9.17) is 26.3 Å². The summed E-state index contributed by atoms with van der Waals surface area (Å²) in [7, 11) is 0. The summed E-state index contributed by atoms with van der Waals surface area (Å²) in [6.45, 7) is -0.119. The maximum Gasteiger partial charge on any atom is 0.338 e. The third-order valence-corrected chi connectivity index (χ3v) is 6.21. The van der Waals surface area contributed by atoms with Crippen LogP contribution in [-0.2, 0) is 20.8 Å². The Bertz CT molecular complexity index is 969. The minimum absolute atomic E-state index is 0.0730. The van der Waals surface area contributed by atoms with Crippen LogP contribution in [0.15, 0.2) is 35.5 Å². The molecule has 184 valence electrons. The van der Waals surface area contributed by atoms with E-state index in [1.54, 1.807) is 12.1 Å². The lowest BCUT2D eigenvalue weighted by Gasteiger charge is -2.29. The largest absolute Gasteiger partial charge is 0.506 e. The number of esters is 1. The van der Waals surface area contributed by atoms with Gasteiger partial charge in [-0.1, -0.05) is 41.4 Å². The van der Waals surface area contributed by atoms with Crippen LogP contribution in [0.25, 0.3) is 0 Å². The number of cyclic esters (lactones) is 1. The van der Waals surface area contributed by atoms with Gasteiger partial charge in [-0.25, -0.2) is 4.79 Å². The van der Waals surface area contributed by atoms with Crippen molar-refractivity contribution in [2.75, 3.05) is 26.4 Å². The zero-order chi connectivity index (χ0) is 24.3. The number of aliphatic hydroxyl groups excluding tert-OH is 1. The Hall–Kier alpha value is -2.84. The van der Waals surface area contributed by atoms with E-state index < -0.39 is 11.9 Å². The number of fused-ring (bicyclic) bond motifs is 1. The van der Waals surface area contributed by atoms with E-state index in [1.807, 2.05) is 18.2 Å². The summed E-state index contributed by atoms with van der Waals surface area (Å²) in [6, 6.07) is 1.57. The number of allylic oxidation sites excluding steroid dienone is 3. The number of carbonyl (C=O) groups excluding carboxylic acids is 2. The van der Waals surface area contributed by atoms with Crippen molar-refractivity contribution in [1.82, 2.24) is 5.32 Å². The van der Waals surface area contributed by atoms with Crippen LogP contribution in [0.5, 0.6) is 5.75 Å². The molecule has 0 spiro atoms. The van der Waals surface area contributed by atoms with Crippen LogP contribution in [0.1, 0.15) is 65.9 Å². The summed E-state index contributed by atoms with van der Waals surface area (Å²) in [5, 5.41) is 26.0. The van der Waals surface area contributed by atoms with Gasteiger partial charge in [-0.3, -0.25) is 4.79 Å². The minimum atomic E-state index is -0.475. The number of hydrogen-bond acceptors (Lipinski definition) is 7. The standard InChI is InChI=1S/C25H31ClN2O6/c26-24-20-14-18(28-34-16-22(31)27-11-12-29)10-5-3-1-2-4-6-13-33-25(32)23(20)19(15-21(24)30)17-8-7-9-17/h2,4-5,10,15,17,29-30H,1,3,6-9,11-14,16H2,(H,27,31)/b4-2+,10-5+,28-18-. The van der Waals surface area contributed by atoms with Gasteiger partial charge in [-0.05, 0) is 61.3 Å². The van der Waals surface area contributed by atoms with E-state index in [2.05, 4.69) is 10.5 Å². The second-order valence-corrected chi connectivity index (χ2v) is 8.64.